The van der Waals surface area contributed by atoms with Gasteiger partial charge in [0, 0.05) is 60.7 Å². The molecular formula is C62H65FN4O4. The van der Waals surface area contributed by atoms with E-state index in [1.165, 1.54) is 17.7 Å². The summed E-state index contributed by atoms with van der Waals surface area (Å²) in [5, 5.41) is 28.9. The SMILES string of the molecule is COc1nc2ccccc2c(CC(O)(CCN(C)C)c2cccc(F)c2)c1Cc1ccccc1.COc1nc2ccccc2c(CC(O)(CCN(C)C)c2cccc3ccccc23)c1Cc1ccccc1. The fraction of sp³-hybridized carbons (Fsp3) is 0.258. The van der Waals surface area contributed by atoms with E-state index in [1.54, 1.807) is 26.4 Å². The van der Waals surface area contributed by atoms with E-state index in [0.717, 1.165) is 72.5 Å². The lowest BCUT2D eigenvalue weighted by atomic mass is 9.79. The number of aliphatic hydroxyl groups is 2. The Bertz CT molecular complexity index is 3200. The molecule has 0 spiro atoms. The van der Waals surface area contributed by atoms with Crippen LogP contribution < -0.4 is 9.47 Å². The summed E-state index contributed by atoms with van der Waals surface area (Å²) in [7, 11) is 11.3. The Morgan fingerprint density at radius 1 is 0.479 bits per heavy atom. The number of hydrogen-bond donors (Lipinski definition) is 2. The van der Waals surface area contributed by atoms with Gasteiger partial charge in [-0.1, -0.05) is 152 Å². The average molecular weight is 949 g/mol. The van der Waals surface area contributed by atoms with Gasteiger partial charge in [-0.3, -0.25) is 0 Å². The summed E-state index contributed by atoms with van der Waals surface area (Å²) < 4.78 is 25.8. The second-order valence-corrected chi connectivity index (χ2v) is 19.1. The van der Waals surface area contributed by atoms with Crippen molar-refractivity contribution in [1.82, 2.24) is 19.8 Å². The summed E-state index contributed by atoms with van der Waals surface area (Å²) in [5.41, 5.74) is 7.17. The first kappa shape index (κ1) is 50.4. The van der Waals surface area contributed by atoms with Crippen molar-refractivity contribution in [2.75, 3.05) is 55.5 Å². The minimum absolute atomic E-state index is 0.311. The molecule has 0 saturated carbocycles. The van der Waals surface area contributed by atoms with Crippen molar-refractivity contribution < 1.29 is 24.1 Å². The highest BCUT2D eigenvalue weighted by molar-refractivity contribution is 5.88. The lowest BCUT2D eigenvalue weighted by Crippen LogP contribution is -2.33. The molecule has 2 unspecified atom stereocenters. The molecule has 2 atom stereocenters. The van der Waals surface area contributed by atoms with Crippen LogP contribution >= 0.6 is 0 Å². The van der Waals surface area contributed by atoms with Crippen molar-refractivity contribution in [3.63, 3.8) is 0 Å². The summed E-state index contributed by atoms with van der Waals surface area (Å²) in [4.78, 5) is 13.8. The molecule has 364 valence electrons. The number of methoxy groups -OCH3 is 2. The molecule has 0 saturated heterocycles. The predicted molar refractivity (Wildman–Crippen MR) is 287 cm³/mol. The highest BCUT2D eigenvalue weighted by Gasteiger charge is 2.35. The number of para-hydroxylation sites is 2. The molecular weight excluding hydrogens is 884 g/mol. The highest BCUT2D eigenvalue weighted by atomic mass is 19.1. The van der Waals surface area contributed by atoms with Crippen LogP contribution in [0.4, 0.5) is 4.39 Å². The van der Waals surface area contributed by atoms with Gasteiger partial charge in [-0.05, 0) is 109 Å². The van der Waals surface area contributed by atoms with Crippen LogP contribution in [0, 0.1) is 5.82 Å². The maximum Gasteiger partial charge on any atom is 0.217 e. The van der Waals surface area contributed by atoms with Crippen LogP contribution in [-0.2, 0) is 36.9 Å². The van der Waals surface area contributed by atoms with Crippen LogP contribution in [0.2, 0.25) is 0 Å². The van der Waals surface area contributed by atoms with Crippen LogP contribution in [0.15, 0.2) is 176 Å². The molecule has 9 aromatic rings. The Morgan fingerprint density at radius 3 is 1.42 bits per heavy atom. The van der Waals surface area contributed by atoms with E-state index in [9.17, 15) is 14.6 Å². The molecule has 7 aromatic carbocycles. The lowest BCUT2D eigenvalue weighted by molar-refractivity contribution is 0.0209. The number of rotatable bonds is 18. The average Bonchev–Trinajstić information content (AvgIpc) is 3.39. The number of aromatic nitrogens is 2. The molecule has 8 nitrogen and oxygen atoms in total. The molecule has 0 aliphatic heterocycles. The van der Waals surface area contributed by atoms with Gasteiger partial charge >= 0.3 is 0 Å². The topological polar surface area (TPSA) is 91.2 Å². The molecule has 0 amide bonds. The van der Waals surface area contributed by atoms with E-state index in [2.05, 4.69) is 91.8 Å². The summed E-state index contributed by atoms with van der Waals surface area (Å²) in [6, 6.07) is 57.5. The quantitative estimate of drug-likeness (QED) is 0.0879. The molecule has 2 N–H and O–H groups in total. The van der Waals surface area contributed by atoms with E-state index in [1.807, 2.05) is 97.9 Å². The fourth-order valence-electron chi connectivity index (χ4n) is 9.76. The molecule has 0 fully saturated rings. The smallest absolute Gasteiger partial charge is 0.217 e. The minimum atomic E-state index is -1.27. The summed E-state index contributed by atoms with van der Waals surface area (Å²) in [6.45, 7) is 1.41. The maximum atomic E-state index is 14.2. The third-order valence-corrected chi connectivity index (χ3v) is 13.5. The molecule has 2 heterocycles. The van der Waals surface area contributed by atoms with Crippen molar-refractivity contribution in [1.29, 1.82) is 0 Å². The van der Waals surface area contributed by atoms with E-state index >= 15 is 0 Å². The molecule has 2 aromatic heterocycles. The Morgan fingerprint density at radius 2 is 0.915 bits per heavy atom. The molecule has 0 aliphatic rings. The van der Waals surface area contributed by atoms with Gasteiger partial charge in [0.25, 0.3) is 0 Å². The molecule has 0 aliphatic carbocycles. The Kier molecular flexibility index (Phi) is 16.2. The van der Waals surface area contributed by atoms with Gasteiger partial charge in [-0.25, -0.2) is 14.4 Å². The number of ether oxygens (including phenoxy) is 2. The van der Waals surface area contributed by atoms with Crippen molar-refractivity contribution in [3.8, 4) is 11.8 Å². The molecule has 9 heteroatoms. The lowest BCUT2D eigenvalue weighted by Gasteiger charge is -2.33. The zero-order chi connectivity index (χ0) is 50.0. The van der Waals surface area contributed by atoms with E-state index in [-0.39, 0.29) is 5.82 Å². The number of fused-ring (bicyclic) bond motifs is 3. The molecule has 9 rings (SSSR count). The number of nitrogens with zero attached hydrogens (tertiary/aromatic N) is 4. The monoisotopic (exact) mass is 948 g/mol. The van der Waals surface area contributed by atoms with Gasteiger partial charge in [0.05, 0.1) is 36.5 Å². The van der Waals surface area contributed by atoms with Gasteiger partial charge in [-0.2, -0.15) is 0 Å². The molecule has 0 bridgehead atoms. The normalized spacial score (nSPS) is 13.2. The maximum absolute atomic E-state index is 14.2. The number of pyridine rings is 2. The first-order valence-electron chi connectivity index (χ1n) is 24.3. The van der Waals surface area contributed by atoms with Gasteiger partial charge < -0.3 is 29.5 Å². The third kappa shape index (κ3) is 12.0. The summed E-state index contributed by atoms with van der Waals surface area (Å²) >= 11 is 0. The van der Waals surface area contributed by atoms with Crippen molar-refractivity contribution in [2.24, 2.45) is 0 Å². The summed E-state index contributed by atoms with van der Waals surface area (Å²) in [6.07, 6.45) is 3.10. The van der Waals surface area contributed by atoms with Crippen LogP contribution in [0.3, 0.4) is 0 Å². The summed E-state index contributed by atoms with van der Waals surface area (Å²) in [5.74, 6) is 0.805. The van der Waals surface area contributed by atoms with Crippen molar-refractivity contribution in [2.45, 2.75) is 49.7 Å². The zero-order valence-electron chi connectivity index (χ0n) is 41.8. The van der Waals surface area contributed by atoms with Gasteiger partial charge in [-0.15, -0.1) is 0 Å². The Labute approximate surface area is 418 Å². The van der Waals surface area contributed by atoms with Crippen LogP contribution in [0.25, 0.3) is 32.6 Å². The van der Waals surface area contributed by atoms with Gasteiger partial charge in [0.15, 0.2) is 0 Å². The first-order valence-corrected chi connectivity index (χ1v) is 24.3. The molecule has 71 heavy (non-hydrogen) atoms. The predicted octanol–water partition coefficient (Wildman–Crippen LogP) is 11.7. The largest absolute Gasteiger partial charge is 0.481 e. The Hall–Kier alpha value is -7.01. The second kappa shape index (κ2) is 22.8. The van der Waals surface area contributed by atoms with E-state index in [0.29, 0.717) is 62.4 Å². The number of halogens is 1. The standard InChI is InChI=1S/C33H34N2O2.C29H31FN2O2/c1-35(2)21-20-33(36,30-18-11-15-25-14-7-8-16-26(25)30)23-29-27-17-9-10-19-31(27)34-32(37-3)28(29)22-24-12-5-4-6-13-24;1-32(2)17-16-29(33,22-12-9-13-23(30)19-22)20-26-24-14-7-8-15-27(24)31-28(34-3)25(26)18-21-10-5-4-6-11-21/h4-19,36H,20-23H2,1-3H3;4-15,19,33H,16-18,20H2,1-3H3. The van der Waals surface area contributed by atoms with E-state index in [4.69, 9.17) is 19.4 Å². The van der Waals surface area contributed by atoms with Gasteiger partial charge in [0.1, 0.15) is 5.82 Å². The fourth-order valence-corrected chi connectivity index (χ4v) is 9.76. The van der Waals surface area contributed by atoms with Crippen LogP contribution in [0.5, 0.6) is 11.8 Å². The highest BCUT2D eigenvalue weighted by Crippen LogP contribution is 2.41. The number of hydrogen-bond acceptors (Lipinski definition) is 8. The third-order valence-electron chi connectivity index (χ3n) is 13.5. The number of benzene rings is 7. The van der Waals surface area contributed by atoms with Gasteiger partial charge in [0.2, 0.25) is 11.8 Å². The Balaban J connectivity index is 0.000000191. The minimum Gasteiger partial charge on any atom is -0.481 e. The second-order valence-electron chi connectivity index (χ2n) is 19.1. The van der Waals surface area contributed by atoms with Crippen molar-refractivity contribution >= 4 is 32.6 Å². The molecule has 0 radical (unpaired) electrons. The van der Waals surface area contributed by atoms with Crippen LogP contribution in [-0.4, -0.2) is 85.5 Å². The zero-order valence-corrected chi connectivity index (χ0v) is 41.8. The van der Waals surface area contributed by atoms with E-state index < -0.39 is 11.2 Å². The first-order chi connectivity index (χ1) is 34.4. The van der Waals surface area contributed by atoms with Crippen LogP contribution in [0.1, 0.15) is 57.3 Å². The van der Waals surface area contributed by atoms with Crippen molar-refractivity contribution in [3.05, 3.63) is 226 Å².